The topological polar surface area (TPSA) is 49.8 Å². The van der Waals surface area contributed by atoms with Gasteiger partial charge in [-0.15, -0.1) is 0 Å². The summed E-state index contributed by atoms with van der Waals surface area (Å²) in [7, 11) is 0. The number of piperidine rings is 1. The summed E-state index contributed by atoms with van der Waals surface area (Å²) in [6.45, 7) is 7.39. The van der Waals surface area contributed by atoms with E-state index in [4.69, 9.17) is 4.74 Å². The second kappa shape index (κ2) is 5.57. The van der Waals surface area contributed by atoms with Crippen LogP contribution in [0.1, 0.15) is 39.5 Å². The highest BCUT2D eigenvalue weighted by atomic mass is 16.5. The largest absolute Gasteiger partial charge is 0.481 e. The predicted molar refractivity (Wildman–Crippen MR) is 69.6 cm³/mol. The van der Waals surface area contributed by atoms with Gasteiger partial charge < -0.3 is 9.84 Å². The van der Waals surface area contributed by atoms with Gasteiger partial charge in [-0.1, -0.05) is 6.92 Å². The van der Waals surface area contributed by atoms with E-state index in [1.807, 2.05) is 0 Å². The number of ether oxygens (including phenoxy) is 1. The normalized spacial score (nSPS) is 33.2. The molecule has 18 heavy (non-hydrogen) atoms. The van der Waals surface area contributed by atoms with E-state index in [1.165, 1.54) is 12.8 Å². The Kier molecular flexibility index (Phi) is 4.28. The molecule has 4 heteroatoms. The second-order valence-corrected chi connectivity index (χ2v) is 6.16. The highest BCUT2D eigenvalue weighted by molar-refractivity contribution is 5.75. The molecule has 2 aliphatic heterocycles. The Balaban J connectivity index is 2.05. The van der Waals surface area contributed by atoms with E-state index in [1.54, 1.807) is 0 Å². The lowest BCUT2D eigenvalue weighted by atomic mass is 9.78. The highest BCUT2D eigenvalue weighted by Gasteiger charge is 2.43. The molecule has 0 bridgehead atoms. The number of aliphatic carboxylic acids is 1. The van der Waals surface area contributed by atoms with Crippen LogP contribution in [0.4, 0.5) is 0 Å². The van der Waals surface area contributed by atoms with Crippen molar-refractivity contribution in [2.24, 2.45) is 11.3 Å². The number of hydrogen-bond donors (Lipinski definition) is 1. The molecule has 2 rings (SSSR count). The first-order valence-corrected chi connectivity index (χ1v) is 7.09. The summed E-state index contributed by atoms with van der Waals surface area (Å²) in [6, 6.07) is 0.514. The minimum atomic E-state index is -0.642. The van der Waals surface area contributed by atoms with Gasteiger partial charge >= 0.3 is 5.97 Å². The first-order chi connectivity index (χ1) is 8.53. The molecule has 0 radical (unpaired) electrons. The Hall–Kier alpha value is -0.610. The third kappa shape index (κ3) is 2.86. The Bertz CT molecular complexity index is 299. The van der Waals surface area contributed by atoms with Crippen LogP contribution >= 0.6 is 0 Å². The van der Waals surface area contributed by atoms with E-state index in [9.17, 15) is 9.90 Å². The quantitative estimate of drug-likeness (QED) is 0.838. The molecule has 0 aliphatic carbocycles. The van der Waals surface area contributed by atoms with Crippen molar-refractivity contribution < 1.29 is 14.6 Å². The number of carbonyl (C=O) groups is 1. The van der Waals surface area contributed by atoms with Gasteiger partial charge in [-0.05, 0) is 38.5 Å². The van der Waals surface area contributed by atoms with Crippen LogP contribution in [-0.2, 0) is 9.53 Å². The van der Waals surface area contributed by atoms with Crippen molar-refractivity contribution in [1.82, 2.24) is 4.90 Å². The maximum absolute atomic E-state index is 11.7. The minimum Gasteiger partial charge on any atom is -0.481 e. The Morgan fingerprint density at radius 2 is 2.00 bits per heavy atom. The van der Waals surface area contributed by atoms with Gasteiger partial charge in [-0.3, -0.25) is 9.69 Å². The zero-order chi connectivity index (χ0) is 13.2. The fourth-order valence-electron chi connectivity index (χ4n) is 3.19. The zero-order valence-electron chi connectivity index (χ0n) is 11.5. The molecule has 2 saturated heterocycles. The molecule has 2 heterocycles. The number of hydrogen-bond acceptors (Lipinski definition) is 3. The Morgan fingerprint density at radius 1 is 1.33 bits per heavy atom. The summed E-state index contributed by atoms with van der Waals surface area (Å²) in [5, 5.41) is 9.59. The van der Waals surface area contributed by atoms with Crippen LogP contribution in [0.5, 0.6) is 0 Å². The van der Waals surface area contributed by atoms with Crippen LogP contribution in [0.25, 0.3) is 0 Å². The van der Waals surface area contributed by atoms with Crippen molar-refractivity contribution in [2.75, 3.05) is 26.3 Å². The standard InChI is InChI=1S/C14H25NO3/c1-11-3-4-12(2)15(9-11)10-14(13(16)17)5-7-18-8-6-14/h11-12H,3-10H2,1-2H3,(H,16,17). The molecule has 2 aliphatic rings. The number of carboxylic acid groups (broad SMARTS) is 1. The van der Waals surface area contributed by atoms with Crippen molar-refractivity contribution in [1.29, 1.82) is 0 Å². The molecular formula is C14H25NO3. The zero-order valence-corrected chi connectivity index (χ0v) is 11.5. The Morgan fingerprint density at radius 3 is 2.61 bits per heavy atom. The predicted octanol–water partition coefficient (Wildman–Crippen LogP) is 1.99. The lowest BCUT2D eigenvalue weighted by molar-refractivity contribution is -0.157. The molecule has 2 atom stereocenters. The van der Waals surface area contributed by atoms with Gasteiger partial charge in [0.15, 0.2) is 0 Å². The minimum absolute atomic E-state index is 0.514. The van der Waals surface area contributed by atoms with E-state index in [2.05, 4.69) is 18.7 Å². The molecule has 0 aromatic heterocycles. The fourth-order valence-corrected chi connectivity index (χ4v) is 3.19. The summed E-state index contributed by atoms with van der Waals surface area (Å²) >= 11 is 0. The smallest absolute Gasteiger partial charge is 0.311 e. The number of nitrogens with zero attached hydrogens (tertiary/aromatic N) is 1. The van der Waals surface area contributed by atoms with Gasteiger partial charge in [0, 0.05) is 32.3 Å². The molecule has 0 amide bonds. The van der Waals surface area contributed by atoms with Gasteiger partial charge in [0.2, 0.25) is 0 Å². The van der Waals surface area contributed by atoms with Crippen LogP contribution in [-0.4, -0.2) is 48.3 Å². The van der Waals surface area contributed by atoms with Crippen LogP contribution in [0, 0.1) is 11.3 Å². The number of rotatable bonds is 3. The molecule has 2 unspecified atom stereocenters. The maximum atomic E-state index is 11.7. The Labute approximate surface area is 109 Å². The lowest BCUT2D eigenvalue weighted by Gasteiger charge is -2.43. The average molecular weight is 255 g/mol. The third-order valence-electron chi connectivity index (χ3n) is 4.66. The number of likely N-dealkylation sites (tertiary alicyclic amines) is 1. The fraction of sp³-hybridized carbons (Fsp3) is 0.929. The monoisotopic (exact) mass is 255 g/mol. The molecule has 0 saturated carbocycles. The molecule has 4 nitrogen and oxygen atoms in total. The maximum Gasteiger partial charge on any atom is 0.311 e. The molecule has 0 aromatic rings. The highest BCUT2D eigenvalue weighted by Crippen LogP contribution is 2.34. The molecule has 1 N–H and O–H groups in total. The summed E-state index contributed by atoms with van der Waals surface area (Å²) in [4.78, 5) is 14.0. The van der Waals surface area contributed by atoms with Crippen molar-refractivity contribution in [2.45, 2.75) is 45.6 Å². The van der Waals surface area contributed by atoms with Crippen molar-refractivity contribution in [3.8, 4) is 0 Å². The summed E-state index contributed by atoms with van der Waals surface area (Å²) < 4.78 is 5.33. The molecule has 0 aromatic carbocycles. The van der Waals surface area contributed by atoms with Gasteiger partial charge in [0.25, 0.3) is 0 Å². The second-order valence-electron chi connectivity index (χ2n) is 6.16. The van der Waals surface area contributed by atoms with E-state index >= 15 is 0 Å². The lowest BCUT2D eigenvalue weighted by Crippen LogP contribution is -2.51. The van der Waals surface area contributed by atoms with Gasteiger partial charge in [0.05, 0.1) is 5.41 Å². The van der Waals surface area contributed by atoms with E-state index in [0.29, 0.717) is 44.6 Å². The summed E-state index contributed by atoms with van der Waals surface area (Å²) in [5.74, 6) is 0.0445. The van der Waals surface area contributed by atoms with Gasteiger partial charge in [-0.2, -0.15) is 0 Å². The van der Waals surface area contributed by atoms with E-state index in [0.717, 1.165) is 6.54 Å². The van der Waals surface area contributed by atoms with Crippen molar-refractivity contribution >= 4 is 5.97 Å². The summed E-state index contributed by atoms with van der Waals surface area (Å²) in [5.41, 5.74) is -0.580. The van der Waals surface area contributed by atoms with Crippen molar-refractivity contribution in [3.63, 3.8) is 0 Å². The van der Waals surface area contributed by atoms with E-state index in [-0.39, 0.29) is 0 Å². The number of carboxylic acids is 1. The first kappa shape index (κ1) is 13.8. The van der Waals surface area contributed by atoms with Crippen LogP contribution < -0.4 is 0 Å². The first-order valence-electron chi connectivity index (χ1n) is 7.09. The van der Waals surface area contributed by atoms with Crippen molar-refractivity contribution in [3.05, 3.63) is 0 Å². The summed E-state index contributed by atoms with van der Waals surface area (Å²) in [6.07, 6.45) is 3.76. The van der Waals surface area contributed by atoms with Gasteiger partial charge in [-0.25, -0.2) is 0 Å². The molecular weight excluding hydrogens is 230 g/mol. The van der Waals surface area contributed by atoms with Crippen LogP contribution in [0.15, 0.2) is 0 Å². The average Bonchev–Trinajstić information content (AvgIpc) is 2.35. The van der Waals surface area contributed by atoms with E-state index < -0.39 is 11.4 Å². The SMILES string of the molecule is CC1CCC(C)N(CC2(C(=O)O)CCOCC2)C1. The third-order valence-corrected chi connectivity index (χ3v) is 4.66. The molecule has 0 spiro atoms. The van der Waals surface area contributed by atoms with Crippen LogP contribution in [0.3, 0.4) is 0 Å². The van der Waals surface area contributed by atoms with Crippen LogP contribution in [0.2, 0.25) is 0 Å². The molecule has 104 valence electrons. The van der Waals surface area contributed by atoms with Gasteiger partial charge in [0.1, 0.15) is 0 Å². The molecule has 2 fully saturated rings.